The SMILES string of the molecule is COC(=O)C(Cc1cc(C)c2[nH]ncc2c1)NC(=O)N1CCC2(CC1)N=C(c1ccccc1)NC2=O. The maximum absolute atomic E-state index is 13.1. The number of methoxy groups -OCH3 is 1. The Labute approximate surface area is 208 Å². The molecule has 1 aromatic heterocycles. The number of piperidine rings is 1. The first-order chi connectivity index (χ1) is 17.4. The number of amides is 3. The molecule has 3 heterocycles. The highest BCUT2D eigenvalue weighted by atomic mass is 16.5. The Bertz CT molecular complexity index is 1340. The highest BCUT2D eigenvalue weighted by molar-refractivity contribution is 6.15. The van der Waals surface area contributed by atoms with Gasteiger partial charge in [-0.05, 0) is 37.0 Å². The maximum Gasteiger partial charge on any atom is 0.328 e. The molecule has 2 aromatic carbocycles. The van der Waals surface area contributed by atoms with E-state index >= 15 is 0 Å². The first kappa shape index (κ1) is 23.5. The summed E-state index contributed by atoms with van der Waals surface area (Å²) in [4.78, 5) is 44.7. The minimum atomic E-state index is -0.874. The molecule has 2 aliphatic rings. The number of rotatable bonds is 5. The van der Waals surface area contributed by atoms with Gasteiger partial charge in [-0.15, -0.1) is 0 Å². The average molecular weight is 489 g/mol. The number of carbonyl (C=O) groups is 3. The van der Waals surface area contributed by atoms with Crippen LogP contribution in [-0.4, -0.2) is 70.6 Å². The van der Waals surface area contributed by atoms with E-state index in [0.29, 0.717) is 31.8 Å². The van der Waals surface area contributed by atoms with Gasteiger partial charge in [0.1, 0.15) is 17.4 Å². The third-order valence-electron chi connectivity index (χ3n) is 6.93. The van der Waals surface area contributed by atoms with Crippen LogP contribution in [0.15, 0.2) is 53.7 Å². The number of esters is 1. The van der Waals surface area contributed by atoms with Gasteiger partial charge in [-0.1, -0.05) is 36.4 Å². The molecule has 10 heteroatoms. The first-order valence-corrected chi connectivity index (χ1v) is 11.9. The van der Waals surface area contributed by atoms with Crippen molar-refractivity contribution in [1.82, 2.24) is 25.7 Å². The van der Waals surface area contributed by atoms with Crippen molar-refractivity contribution in [3.8, 4) is 0 Å². The van der Waals surface area contributed by atoms with Gasteiger partial charge < -0.3 is 20.3 Å². The van der Waals surface area contributed by atoms with Gasteiger partial charge in [0, 0.05) is 30.5 Å². The van der Waals surface area contributed by atoms with Crippen LogP contribution < -0.4 is 10.6 Å². The van der Waals surface area contributed by atoms with Gasteiger partial charge in [-0.3, -0.25) is 14.9 Å². The van der Waals surface area contributed by atoms with E-state index < -0.39 is 17.6 Å². The van der Waals surface area contributed by atoms with Crippen LogP contribution in [0.5, 0.6) is 0 Å². The fourth-order valence-electron chi connectivity index (χ4n) is 4.91. The summed E-state index contributed by atoms with van der Waals surface area (Å²) in [5.74, 6) is -0.0953. The van der Waals surface area contributed by atoms with Crippen LogP contribution in [0.2, 0.25) is 0 Å². The number of amidine groups is 1. The molecule has 1 unspecified atom stereocenters. The lowest BCUT2D eigenvalue weighted by Gasteiger charge is -2.36. The second-order valence-corrected chi connectivity index (χ2v) is 9.28. The molecule has 0 bridgehead atoms. The molecule has 5 rings (SSSR count). The van der Waals surface area contributed by atoms with Crippen molar-refractivity contribution < 1.29 is 19.1 Å². The molecule has 3 amide bonds. The number of benzene rings is 2. The molecule has 1 spiro atoms. The molecular formula is C26H28N6O4. The lowest BCUT2D eigenvalue weighted by atomic mass is 9.88. The first-order valence-electron chi connectivity index (χ1n) is 11.9. The Morgan fingerprint density at radius 1 is 1.19 bits per heavy atom. The van der Waals surface area contributed by atoms with Gasteiger partial charge in [-0.2, -0.15) is 5.10 Å². The van der Waals surface area contributed by atoms with Gasteiger partial charge in [0.25, 0.3) is 5.91 Å². The smallest absolute Gasteiger partial charge is 0.328 e. The number of ether oxygens (including phenoxy) is 1. The Kier molecular flexibility index (Phi) is 6.17. The van der Waals surface area contributed by atoms with E-state index in [1.165, 1.54) is 7.11 Å². The van der Waals surface area contributed by atoms with E-state index in [4.69, 9.17) is 9.73 Å². The van der Waals surface area contributed by atoms with Crippen LogP contribution in [0.4, 0.5) is 4.79 Å². The Hall–Kier alpha value is -4.21. The molecule has 1 fully saturated rings. The number of likely N-dealkylation sites (tertiary alicyclic amines) is 1. The monoisotopic (exact) mass is 488 g/mol. The molecule has 3 aromatic rings. The van der Waals surface area contributed by atoms with E-state index in [9.17, 15) is 14.4 Å². The molecule has 10 nitrogen and oxygen atoms in total. The molecule has 0 radical (unpaired) electrons. The summed E-state index contributed by atoms with van der Waals surface area (Å²) in [6, 6.07) is 12.2. The Balaban J connectivity index is 1.25. The number of carbonyl (C=O) groups excluding carboxylic acids is 3. The predicted molar refractivity (Wildman–Crippen MR) is 134 cm³/mol. The lowest BCUT2D eigenvalue weighted by molar-refractivity contribution is -0.142. The molecule has 3 N–H and O–H groups in total. The summed E-state index contributed by atoms with van der Waals surface area (Å²) in [5, 5.41) is 13.7. The number of hydrogen-bond donors (Lipinski definition) is 3. The number of aryl methyl sites for hydroxylation is 1. The lowest BCUT2D eigenvalue weighted by Crippen LogP contribution is -2.55. The quantitative estimate of drug-likeness (QED) is 0.474. The number of hydrogen-bond acceptors (Lipinski definition) is 6. The number of H-pyrrole nitrogens is 1. The van der Waals surface area contributed by atoms with Gasteiger partial charge in [-0.25, -0.2) is 9.59 Å². The third kappa shape index (κ3) is 4.41. The molecule has 186 valence electrons. The van der Waals surface area contributed by atoms with E-state index in [0.717, 1.165) is 27.6 Å². The fourth-order valence-corrected chi connectivity index (χ4v) is 4.91. The molecule has 1 saturated heterocycles. The molecule has 36 heavy (non-hydrogen) atoms. The van der Waals surface area contributed by atoms with Crippen LogP contribution in [0.1, 0.15) is 29.5 Å². The van der Waals surface area contributed by atoms with E-state index in [1.807, 2.05) is 49.4 Å². The van der Waals surface area contributed by atoms with Gasteiger partial charge in [0.05, 0.1) is 18.8 Å². The maximum atomic E-state index is 13.1. The zero-order chi connectivity index (χ0) is 25.3. The summed E-state index contributed by atoms with van der Waals surface area (Å²) >= 11 is 0. The molecule has 0 aliphatic carbocycles. The minimum Gasteiger partial charge on any atom is -0.467 e. The summed E-state index contributed by atoms with van der Waals surface area (Å²) in [6.45, 7) is 2.65. The normalized spacial score (nSPS) is 17.6. The van der Waals surface area contributed by atoms with Crippen molar-refractivity contribution in [3.05, 3.63) is 65.4 Å². The number of urea groups is 1. The molecular weight excluding hydrogens is 460 g/mol. The van der Waals surface area contributed by atoms with Crippen molar-refractivity contribution in [3.63, 3.8) is 0 Å². The number of aromatic nitrogens is 2. The standard InChI is InChI=1S/C26H28N6O4/c1-16-12-17(13-19-15-27-31-21(16)19)14-20(23(33)36-2)28-25(35)32-10-8-26(9-11-32)24(34)29-22(30-26)18-6-4-3-5-7-18/h3-7,12-13,15,20H,8-11,14H2,1-2H3,(H,27,31)(H,28,35)(H,29,30,34). The summed E-state index contributed by atoms with van der Waals surface area (Å²) in [5.41, 5.74) is 2.81. The highest BCUT2D eigenvalue weighted by Crippen LogP contribution is 2.31. The zero-order valence-corrected chi connectivity index (χ0v) is 20.2. The third-order valence-corrected chi connectivity index (χ3v) is 6.93. The largest absolute Gasteiger partial charge is 0.467 e. The second-order valence-electron chi connectivity index (χ2n) is 9.28. The number of aliphatic imine (C=N–C) groups is 1. The van der Waals surface area contributed by atoms with Crippen molar-refractivity contribution in [2.45, 2.75) is 37.8 Å². The van der Waals surface area contributed by atoms with Gasteiger partial charge in [0.2, 0.25) is 0 Å². The Morgan fingerprint density at radius 2 is 1.94 bits per heavy atom. The summed E-state index contributed by atoms with van der Waals surface area (Å²) in [7, 11) is 1.30. The topological polar surface area (TPSA) is 129 Å². The number of nitrogens with one attached hydrogen (secondary N) is 3. The summed E-state index contributed by atoms with van der Waals surface area (Å²) < 4.78 is 4.96. The van der Waals surface area contributed by atoms with E-state index in [1.54, 1.807) is 11.1 Å². The van der Waals surface area contributed by atoms with Gasteiger partial charge >= 0.3 is 12.0 Å². The highest BCUT2D eigenvalue weighted by Gasteiger charge is 2.46. The minimum absolute atomic E-state index is 0.140. The number of nitrogens with zero attached hydrogens (tertiary/aromatic N) is 3. The molecule has 1 atom stereocenters. The Morgan fingerprint density at radius 3 is 2.67 bits per heavy atom. The zero-order valence-electron chi connectivity index (χ0n) is 20.2. The van der Waals surface area contributed by atoms with Crippen LogP contribution in [0, 0.1) is 6.92 Å². The van der Waals surface area contributed by atoms with Crippen LogP contribution >= 0.6 is 0 Å². The van der Waals surface area contributed by atoms with Crippen LogP contribution in [0.25, 0.3) is 10.9 Å². The van der Waals surface area contributed by atoms with Crippen molar-refractivity contribution in [1.29, 1.82) is 0 Å². The second kappa shape index (κ2) is 9.44. The molecule has 2 aliphatic heterocycles. The van der Waals surface area contributed by atoms with Crippen LogP contribution in [0.3, 0.4) is 0 Å². The predicted octanol–water partition coefficient (Wildman–Crippen LogP) is 2.08. The van der Waals surface area contributed by atoms with Crippen molar-refractivity contribution >= 4 is 34.6 Å². The van der Waals surface area contributed by atoms with Crippen molar-refractivity contribution in [2.24, 2.45) is 4.99 Å². The average Bonchev–Trinajstić information content (AvgIpc) is 3.49. The molecule has 0 saturated carbocycles. The number of aromatic amines is 1. The fraction of sp³-hybridized carbons (Fsp3) is 0.346. The van der Waals surface area contributed by atoms with Crippen molar-refractivity contribution in [2.75, 3.05) is 20.2 Å². The van der Waals surface area contributed by atoms with Crippen LogP contribution in [-0.2, 0) is 20.7 Å². The number of fused-ring (bicyclic) bond motifs is 1. The van der Waals surface area contributed by atoms with E-state index in [-0.39, 0.29) is 18.4 Å². The van der Waals surface area contributed by atoms with Gasteiger partial charge in [0.15, 0.2) is 0 Å². The summed E-state index contributed by atoms with van der Waals surface area (Å²) in [6.07, 6.45) is 2.82. The van der Waals surface area contributed by atoms with E-state index in [2.05, 4.69) is 20.8 Å².